The fourth-order valence-corrected chi connectivity index (χ4v) is 3.54. The number of allylic oxidation sites excluding steroid dienone is 1. The molecule has 1 aliphatic rings. The minimum absolute atomic E-state index is 0.0141. The molecule has 0 aliphatic carbocycles. The lowest BCUT2D eigenvalue weighted by Crippen LogP contribution is -2.21. The number of hydrogen-bond donors (Lipinski definition) is 1. The Kier molecular flexibility index (Phi) is 5.91. The predicted molar refractivity (Wildman–Crippen MR) is 120 cm³/mol. The van der Waals surface area contributed by atoms with E-state index in [0.29, 0.717) is 22.8 Å². The fourth-order valence-electron chi connectivity index (χ4n) is 3.54. The van der Waals surface area contributed by atoms with Crippen LogP contribution >= 0.6 is 0 Å². The van der Waals surface area contributed by atoms with Crippen LogP contribution in [0.4, 0.5) is 0 Å². The van der Waals surface area contributed by atoms with Gasteiger partial charge in [0.2, 0.25) is 5.88 Å². The molecule has 3 aromatic rings. The summed E-state index contributed by atoms with van der Waals surface area (Å²) in [6, 6.07) is 24.1. The number of nitrogens with zero attached hydrogens (tertiary/aromatic N) is 1. The largest absolute Gasteiger partial charge is 0.497 e. The Balaban J connectivity index is 1.62. The van der Waals surface area contributed by atoms with Crippen LogP contribution in [0, 0.1) is 11.3 Å². The summed E-state index contributed by atoms with van der Waals surface area (Å²) in [7, 11) is 1.58. The zero-order valence-electron chi connectivity index (χ0n) is 17.3. The first-order valence-electron chi connectivity index (χ1n) is 9.89. The van der Waals surface area contributed by atoms with Gasteiger partial charge in [0.1, 0.15) is 28.9 Å². The highest BCUT2D eigenvalue weighted by molar-refractivity contribution is 5.88. The lowest BCUT2D eigenvalue weighted by molar-refractivity contribution is -0.128. The van der Waals surface area contributed by atoms with Crippen LogP contribution in [0.2, 0.25) is 0 Å². The zero-order valence-corrected chi connectivity index (χ0v) is 17.3. The first-order chi connectivity index (χ1) is 15.6. The summed E-state index contributed by atoms with van der Waals surface area (Å²) in [6.45, 7) is 0. The number of carbonyl (C=O) groups excluding carboxylic acids is 1. The maximum atomic E-state index is 12.2. The van der Waals surface area contributed by atoms with E-state index in [0.717, 1.165) is 16.7 Å². The smallest absolute Gasteiger partial charge is 0.336 e. The summed E-state index contributed by atoms with van der Waals surface area (Å²) in [5.41, 5.74) is 8.82. The molecule has 1 heterocycles. The van der Waals surface area contributed by atoms with Crippen LogP contribution in [-0.4, -0.2) is 13.1 Å². The number of rotatable bonds is 5. The van der Waals surface area contributed by atoms with Crippen LogP contribution in [0.3, 0.4) is 0 Å². The van der Waals surface area contributed by atoms with Gasteiger partial charge in [-0.15, -0.1) is 0 Å². The van der Waals surface area contributed by atoms with Crippen LogP contribution in [0.1, 0.15) is 22.6 Å². The molecule has 0 bridgehead atoms. The number of fused-ring (bicyclic) bond motifs is 1. The van der Waals surface area contributed by atoms with Crippen molar-refractivity contribution in [2.45, 2.75) is 5.92 Å². The number of carbonyl (C=O) groups is 1. The van der Waals surface area contributed by atoms with Gasteiger partial charge in [0.05, 0.1) is 13.0 Å². The van der Waals surface area contributed by atoms with Crippen molar-refractivity contribution in [3.05, 3.63) is 107 Å². The van der Waals surface area contributed by atoms with Crippen molar-refractivity contribution in [1.82, 2.24) is 0 Å². The van der Waals surface area contributed by atoms with E-state index in [4.69, 9.17) is 19.9 Å². The van der Waals surface area contributed by atoms with E-state index in [1.165, 1.54) is 6.08 Å². The quantitative estimate of drug-likeness (QED) is 0.367. The summed E-state index contributed by atoms with van der Waals surface area (Å²) >= 11 is 0. The van der Waals surface area contributed by atoms with Gasteiger partial charge >= 0.3 is 5.97 Å². The number of nitrogens with two attached hydrogens (primary N) is 1. The fraction of sp³-hybridized carbons (Fsp3) is 0.0769. The molecule has 0 fully saturated rings. The Labute approximate surface area is 185 Å². The summed E-state index contributed by atoms with van der Waals surface area (Å²) in [5.74, 6) is 0.468. The molecular formula is C26H20N2O4. The van der Waals surface area contributed by atoms with Gasteiger partial charge < -0.3 is 19.9 Å². The van der Waals surface area contributed by atoms with Crippen LogP contribution in [0.5, 0.6) is 17.2 Å². The average molecular weight is 424 g/mol. The van der Waals surface area contributed by atoms with E-state index in [9.17, 15) is 10.1 Å². The van der Waals surface area contributed by atoms with Gasteiger partial charge in [0, 0.05) is 17.7 Å². The van der Waals surface area contributed by atoms with E-state index >= 15 is 0 Å². The predicted octanol–water partition coefficient (Wildman–Crippen LogP) is 4.53. The standard InChI is InChI=1S/C26H20N2O4/c1-30-19-9-5-8-18(14-19)25-21-12-11-20(15-23(21)32-26(28)22(25)16-27)31-24(29)13-10-17-6-3-2-4-7-17/h2-15,25H,28H2,1H3/b13-10+. The summed E-state index contributed by atoms with van der Waals surface area (Å²) in [6.07, 6.45) is 3.03. The van der Waals surface area contributed by atoms with E-state index in [1.54, 1.807) is 31.4 Å². The summed E-state index contributed by atoms with van der Waals surface area (Å²) < 4.78 is 16.4. The highest BCUT2D eigenvalue weighted by Crippen LogP contribution is 2.43. The lowest BCUT2D eigenvalue weighted by Gasteiger charge is -2.26. The van der Waals surface area contributed by atoms with E-state index in [2.05, 4.69) is 6.07 Å². The van der Waals surface area contributed by atoms with Gasteiger partial charge in [-0.3, -0.25) is 0 Å². The van der Waals surface area contributed by atoms with Crippen LogP contribution < -0.4 is 19.9 Å². The van der Waals surface area contributed by atoms with Gasteiger partial charge in [0.15, 0.2) is 0 Å². The Morgan fingerprint density at radius 3 is 2.62 bits per heavy atom. The Hall–Kier alpha value is -4.50. The third kappa shape index (κ3) is 4.32. The van der Waals surface area contributed by atoms with Gasteiger partial charge in [-0.2, -0.15) is 5.26 Å². The molecule has 32 heavy (non-hydrogen) atoms. The SMILES string of the molecule is COc1cccc(C2C(C#N)=C(N)Oc3cc(OC(=O)/C=C/c4ccccc4)ccc32)c1. The van der Waals surface area contributed by atoms with Crippen LogP contribution in [0.25, 0.3) is 6.08 Å². The minimum Gasteiger partial charge on any atom is -0.497 e. The van der Waals surface area contributed by atoms with Crippen LogP contribution in [-0.2, 0) is 4.79 Å². The third-order valence-electron chi connectivity index (χ3n) is 5.05. The summed E-state index contributed by atoms with van der Waals surface area (Å²) in [5, 5.41) is 9.70. The molecule has 6 nitrogen and oxygen atoms in total. The van der Waals surface area contributed by atoms with Gasteiger partial charge in [0.25, 0.3) is 0 Å². The molecule has 0 amide bonds. The lowest BCUT2D eigenvalue weighted by atomic mass is 9.83. The first kappa shape index (κ1) is 20.8. The molecule has 3 aromatic carbocycles. The molecule has 0 saturated carbocycles. The molecule has 1 atom stereocenters. The Bertz CT molecular complexity index is 1260. The molecule has 0 saturated heterocycles. The Morgan fingerprint density at radius 2 is 1.88 bits per heavy atom. The van der Waals surface area contributed by atoms with Gasteiger partial charge in [-0.25, -0.2) is 4.79 Å². The van der Waals surface area contributed by atoms with E-state index < -0.39 is 11.9 Å². The highest BCUT2D eigenvalue weighted by atomic mass is 16.5. The first-order valence-corrected chi connectivity index (χ1v) is 9.89. The monoisotopic (exact) mass is 424 g/mol. The van der Waals surface area contributed by atoms with Crippen molar-refractivity contribution in [2.75, 3.05) is 7.11 Å². The van der Waals surface area contributed by atoms with E-state index in [1.807, 2.05) is 54.6 Å². The maximum absolute atomic E-state index is 12.2. The molecule has 0 radical (unpaired) electrons. The van der Waals surface area contributed by atoms with Crippen molar-refractivity contribution < 1.29 is 19.0 Å². The topological polar surface area (TPSA) is 94.6 Å². The molecule has 1 aliphatic heterocycles. The second-order valence-electron chi connectivity index (χ2n) is 7.07. The highest BCUT2D eigenvalue weighted by Gasteiger charge is 2.31. The molecular weight excluding hydrogens is 404 g/mol. The normalized spacial score (nSPS) is 14.9. The number of hydrogen-bond acceptors (Lipinski definition) is 6. The number of methoxy groups -OCH3 is 1. The molecule has 0 spiro atoms. The van der Waals surface area contributed by atoms with Gasteiger partial charge in [-0.05, 0) is 35.4 Å². The number of esters is 1. The second-order valence-corrected chi connectivity index (χ2v) is 7.07. The van der Waals surface area contributed by atoms with Crippen molar-refractivity contribution in [1.29, 1.82) is 5.26 Å². The van der Waals surface area contributed by atoms with Gasteiger partial charge in [-0.1, -0.05) is 48.5 Å². The van der Waals surface area contributed by atoms with Crippen molar-refractivity contribution >= 4 is 12.0 Å². The zero-order chi connectivity index (χ0) is 22.5. The van der Waals surface area contributed by atoms with Crippen molar-refractivity contribution in [3.8, 4) is 23.3 Å². The molecule has 2 N–H and O–H groups in total. The molecule has 6 heteroatoms. The van der Waals surface area contributed by atoms with Crippen molar-refractivity contribution in [2.24, 2.45) is 5.73 Å². The second kappa shape index (κ2) is 9.11. The number of benzene rings is 3. The Morgan fingerprint density at radius 1 is 1.06 bits per heavy atom. The molecule has 4 rings (SSSR count). The third-order valence-corrected chi connectivity index (χ3v) is 5.05. The summed E-state index contributed by atoms with van der Waals surface area (Å²) in [4.78, 5) is 12.2. The molecule has 1 unspecified atom stereocenters. The molecule has 158 valence electrons. The number of nitriles is 1. The number of ether oxygens (including phenoxy) is 3. The van der Waals surface area contributed by atoms with Crippen LogP contribution in [0.15, 0.2) is 90.3 Å². The van der Waals surface area contributed by atoms with E-state index in [-0.39, 0.29) is 5.88 Å². The maximum Gasteiger partial charge on any atom is 0.336 e. The minimum atomic E-state index is -0.518. The van der Waals surface area contributed by atoms with Crippen molar-refractivity contribution in [3.63, 3.8) is 0 Å². The average Bonchev–Trinajstić information content (AvgIpc) is 2.82. The molecule has 0 aromatic heterocycles.